The molecule has 152 valence electrons. The molecule has 0 saturated heterocycles. The molecule has 0 aliphatic rings. The van der Waals surface area contributed by atoms with Crippen LogP contribution in [0.3, 0.4) is 0 Å². The zero-order valence-electron chi connectivity index (χ0n) is 17.1. The number of ether oxygens (including phenoxy) is 3. The molecule has 29 heavy (non-hydrogen) atoms. The second kappa shape index (κ2) is 8.39. The predicted molar refractivity (Wildman–Crippen MR) is 110 cm³/mol. The lowest BCUT2D eigenvalue weighted by Gasteiger charge is -2.16. The van der Waals surface area contributed by atoms with Gasteiger partial charge in [0.15, 0.2) is 6.10 Å². The standard InChI is InChI=1S/C23H24O6/c1-13(2)27-23(25)16(5)28-17-8-9-18-20(11-17)26-12-21(22(18)24)29-19-10-14(3)6-7-15(19)4/h6-13,16H,1-5H3/t16-/m1/s1. The summed E-state index contributed by atoms with van der Waals surface area (Å²) in [4.78, 5) is 24.7. The number of carbonyl (C=O) groups excluding carboxylic acids is 1. The summed E-state index contributed by atoms with van der Waals surface area (Å²) < 4.78 is 22.1. The molecule has 1 aromatic heterocycles. The van der Waals surface area contributed by atoms with Gasteiger partial charge in [-0.25, -0.2) is 4.79 Å². The Morgan fingerprint density at radius 3 is 2.48 bits per heavy atom. The maximum atomic E-state index is 12.8. The fourth-order valence-corrected chi connectivity index (χ4v) is 2.75. The molecule has 0 N–H and O–H groups in total. The Bertz CT molecular complexity index is 1100. The smallest absolute Gasteiger partial charge is 0.347 e. The molecule has 0 fully saturated rings. The van der Waals surface area contributed by atoms with Crippen LogP contribution < -0.4 is 14.9 Å². The van der Waals surface area contributed by atoms with Crippen LogP contribution in [0.1, 0.15) is 31.9 Å². The lowest BCUT2D eigenvalue weighted by atomic mass is 10.1. The number of esters is 1. The van der Waals surface area contributed by atoms with E-state index in [-0.39, 0.29) is 17.3 Å². The highest BCUT2D eigenvalue weighted by molar-refractivity contribution is 5.79. The van der Waals surface area contributed by atoms with Crippen LogP contribution in [0, 0.1) is 13.8 Å². The van der Waals surface area contributed by atoms with Crippen molar-refractivity contribution in [2.75, 3.05) is 0 Å². The van der Waals surface area contributed by atoms with Gasteiger partial charge in [-0.15, -0.1) is 0 Å². The minimum absolute atomic E-state index is 0.105. The Morgan fingerprint density at radius 1 is 1.00 bits per heavy atom. The Kier molecular flexibility index (Phi) is 5.92. The lowest BCUT2D eigenvalue weighted by molar-refractivity contribution is -0.154. The summed E-state index contributed by atoms with van der Waals surface area (Å²) in [6.07, 6.45) is 0.277. The van der Waals surface area contributed by atoms with Gasteiger partial charge in [0.2, 0.25) is 11.2 Å². The second-order valence-corrected chi connectivity index (χ2v) is 7.20. The molecular weight excluding hydrogens is 372 g/mol. The number of rotatable bonds is 6. The number of carbonyl (C=O) groups is 1. The maximum Gasteiger partial charge on any atom is 0.347 e. The average molecular weight is 396 g/mol. The van der Waals surface area contributed by atoms with Gasteiger partial charge in [0.25, 0.3) is 0 Å². The lowest BCUT2D eigenvalue weighted by Crippen LogP contribution is -2.28. The van der Waals surface area contributed by atoms with Gasteiger partial charge in [-0.1, -0.05) is 12.1 Å². The molecule has 0 radical (unpaired) electrons. The zero-order chi connectivity index (χ0) is 21.1. The minimum Gasteiger partial charge on any atom is -0.479 e. The van der Waals surface area contributed by atoms with Crippen LogP contribution in [0.15, 0.2) is 51.9 Å². The average Bonchev–Trinajstić information content (AvgIpc) is 2.66. The first-order chi connectivity index (χ1) is 13.7. The molecule has 3 aromatic rings. The van der Waals surface area contributed by atoms with Crippen molar-refractivity contribution in [3.63, 3.8) is 0 Å². The van der Waals surface area contributed by atoms with Crippen LogP contribution >= 0.6 is 0 Å². The largest absolute Gasteiger partial charge is 0.479 e. The molecule has 0 spiro atoms. The molecule has 0 aliphatic carbocycles. The van der Waals surface area contributed by atoms with Gasteiger partial charge in [-0.3, -0.25) is 4.79 Å². The van der Waals surface area contributed by atoms with Crippen molar-refractivity contribution in [2.45, 2.75) is 46.8 Å². The predicted octanol–water partition coefficient (Wildman–Crippen LogP) is 4.92. The van der Waals surface area contributed by atoms with Crippen LogP contribution in [0.25, 0.3) is 11.0 Å². The Labute approximate surface area is 169 Å². The van der Waals surface area contributed by atoms with Gasteiger partial charge < -0.3 is 18.6 Å². The molecule has 0 aliphatic heterocycles. The van der Waals surface area contributed by atoms with Crippen LogP contribution in [0.4, 0.5) is 0 Å². The van der Waals surface area contributed by atoms with E-state index in [1.54, 1.807) is 39.0 Å². The van der Waals surface area contributed by atoms with E-state index >= 15 is 0 Å². The van der Waals surface area contributed by atoms with E-state index in [4.69, 9.17) is 18.6 Å². The van der Waals surface area contributed by atoms with Gasteiger partial charge in [-0.05, 0) is 63.9 Å². The maximum absolute atomic E-state index is 12.8. The monoisotopic (exact) mass is 396 g/mol. The van der Waals surface area contributed by atoms with E-state index in [0.717, 1.165) is 11.1 Å². The molecule has 1 heterocycles. The van der Waals surface area contributed by atoms with E-state index < -0.39 is 12.1 Å². The van der Waals surface area contributed by atoms with E-state index in [0.29, 0.717) is 22.5 Å². The quantitative estimate of drug-likeness (QED) is 0.551. The van der Waals surface area contributed by atoms with Gasteiger partial charge in [0.05, 0.1) is 11.5 Å². The van der Waals surface area contributed by atoms with E-state index in [9.17, 15) is 9.59 Å². The van der Waals surface area contributed by atoms with Crippen molar-refractivity contribution in [2.24, 2.45) is 0 Å². The number of benzene rings is 2. The number of aryl methyl sites for hydroxylation is 2. The molecule has 2 aromatic carbocycles. The van der Waals surface area contributed by atoms with Crippen LogP contribution in [0.5, 0.6) is 17.2 Å². The highest BCUT2D eigenvalue weighted by Crippen LogP contribution is 2.27. The fraction of sp³-hybridized carbons (Fsp3) is 0.304. The molecule has 6 heteroatoms. The molecule has 0 unspecified atom stereocenters. The molecular formula is C23H24O6. The van der Waals surface area contributed by atoms with Gasteiger partial charge in [0, 0.05) is 6.07 Å². The third-order valence-corrected chi connectivity index (χ3v) is 4.27. The zero-order valence-corrected chi connectivity index (χ0v) is 17.1. The molecule has 0 amide bonds. The van der Waals surface area contributed by atoms with Gasteiger partial charge in [-0.2, -0.15) is 0 Å². The second-order valence-electron chi connectivity index (χ2n) is 7.20. The highest BCUT2D eigenvalue weighted by atomic mass is 16.6. The van der Waals surface area contributed by atoms with Crippen molar-refractivity contribution < 1.29 is 23.4 Å². The van der Waals surface area contributed by atoms with Crippen LogP contribution in [-0.4, -0.2) is 18.2 Å². The molecule has 3 rings (SSSR count). The van der Waals surface area contributed by atoms with Crippen LogP contribution in [-0.2, 0) is 9.53 Å². The Morgan fingerprint density at radius 2 is 1.76 bits per heavy atom. The van der Waals surface area contributed by atoms with Crippen molar-refractivity contribution in [3.8, 4) is 17.2 Å². The molecule has 0 bridgehead atoms. The van der Waals surface area contributed by atoms with Crippen molar-refractivity contribution in [1.82, 2.24) is 0 Å². The third kappa shape index (κ3) is 4.77. The number of hydrogen-bond acceptors (Lipinski definition) is 6. The SMILES string of the molecule is Cc1ccc(C)c(Oc2coc3cc(O[C@H](C)C(=O)OC(C)C)ccc3c2=O)c1. The summed E-state index contributed by atoms with van der Waals surface area (Å²) in [7, 11) is 0. The summed E-state index contributed by atoms with van der Waals surface area (Å²) in [5.41, 5.74) is 2.00. The summed E-state index contributed by atoms with van der Waals surface area (Å²) in [5, 5.41) is 0.359. The minimum atomic E-state index is -0.784. The van der Waals surface area contributed by atoms with Crippen LogP contribution in [0.2, 0.25) is 0 Å². The van der Waals surface area contributed by atoms with Crippen molar-refractivity contribution in [1.29, 1.82) is 0 Å². The fourth-order valence-electron chi connectivity index (χ4n) is 2.75. The first kappa shape index (κ1) is 20.5. The molecule has 6 nitrogen and oxygen atoms in total. The summed E-state index contributed by atoms with van der Waals surface area (Å²) in [6, 6.07) is 10.5. The summed E-state index contributed by atoms with van der Waals surface area (Å²) >= 11 is 0. The molecule has 0 saturated carbocycles. The molecule has 1 atom stereocenters. The Hall–Kier alpha value is -3.28. The van der Waals surface area contributed by atoms with E-state index in [2.05, 4.69) is 0 Å². The third-order valence-electron chi connectivity index (χ3n) is 4.27. The summed E-state index contributed by atoms with van der Waals surface area (Å²) in [5.74, 6) is 0.652. The summed E-state index contributed by atoms with van der Waals surface area (Å²) in [6.45, 7) is 9.01. The van der Waals surface area contributed by atoms with Crippen molar-refractivity contribution >= 4 is 16.9 Å². The Balaban J connectivity index is 1.85. The number of fused-ring (bicyclic) bond motifs is 1. The van der Waals surface area contributed by atoms with Gasteiger partial charge >= 0.3 is 5.97 Å². The normalized spacial score (nSPS) is 12.1. The highest BCUT2D eigenvalue weighted by Gasteiger charge is 2.18. The van der Waals surface area contributed by atoms with Crippen molar-refractivity contribution in [3.05, 3.63) is 64.0 Å². The number of hydrogen-bond donors (Lipinski definition) is 0. The van der Waals surface area contributed by atoms with E-state index in [1.807, 2.05) is 32.0 Å². The topological polar surface area (TPSA) is 75.0 Å². The first-order valence-electron chi connectivity index (χ1n) is 9.42. The first-order valence-corrected chi connectivity index (χ1v) is 9.42. The van der Waals surface area contributed by atoms with Gasteiger partial charge in [0.1, 0.15) is 23.3 Å². The van der Waals surface area contributed by atoms with E-state index in [1.165, 1.54) is 6.26 Å².